The SMILES string of the molecule is CCCCCCn1ccc2cccc(C(=O)O)c21. The molecule has 0 bridgehead atoms. The van der Waals surface area contributed by atoms with Gasteiger partial charge in [-0.3, -0.25) is 0 Å². The number of nitrogens with zero attached hydrogens (tertiary/aromatic N) is 1. The first-order valence-corrected chi connectivity index (χ1v) is 6.55. The highest BCUT2D eigenvalue weighted by Gasteiger charge is 2.11. The van der Waals surface area contributed by atoms with Crippen LogP contribution in [0, 0.1) is 0 Å². The lowest BCUT2D eigenvalue weighted by Gasteiger charge is -2.07. The Morgan fingerprint density at radius 1 is 1.22 bits per heavy atom. The van der Waals surface area contributed by atoms with E-state index in [0.717, 1.165) is 23.9 Å². The highest BCUT2D eigenvalue weighted by molar-refractivity contribution is 6.02. The van der Waals surface area contributed by atoms with E-state index in [-0.39, 0.29) is 0 Å². The van der Waals surface area contributed by atoms with Crippen molar-refractivity contribution < 1.29 is 9.90 Å². The molecule has 3 heteroatoms. The molecule has 0 saturated carbocycles. The van der Waals surface area contributed by atoms with Crippen molar-refractivity contribution in [3.05, 3.63) is 36.0 Å². The zero-order chi connectivity index (χ0) is 13.0. The largest absolute Gasteiger partial charge is 0.478 e. The first-order valence-electron chi connectivity index (χ1n) is 6.55. The van der Waals surface area contributed by atoms with E-state index in [1.165, 1.54) is 19.3 Å². The monoisotopic (exact) mass is 245 g/mol. The van der Waals surface area contributed by atoms with Crippen LogP contribution in [0.15, 0.2) is 30.5 Å². The minimum absolute atomic E-state index is 0.396. The number of aromatic nitrogens is 1. The fourth-order valence-corrected chi connectivity index (χ4v) is 2.33. The van der Waals surface area contributed by atoms with E-state index in [4.69, 9.17) is 0 Å². The van der Waals surface area contributed by atoms with Crippen LogP contribution in [0.25, 0.3) is 10.9 Å². The third-order valence-electron chi connectivity index (χ3n) is 3.27. The summed E-state index contributed by atoms with van der Waals surface area (Å²) in [6.07, 6.45) is 6.75. The number of carboxylic acids is 1. The van der Waals surface area contributed by atoms with Crippen molar-refractivity contribution in [3.8, 4) is 0 Å². The average molecular weight is 245 g/mol. The van der Waals surface area contributed by atoms with Gasteiger partial charge in [0.2, 0.25) is 0 Å². The van der Waals surface area contributed by atoms with Gasteiger partial charge >= 0.3 is 5.97 Å². The van der Waals surface area contributed by atoms with Crippen LogP contribution in [0.3, 0.4) is 0 Å². The van der Waals surface area contributed by atoms with Crippen molar-refractivity contribution in [2.24, 2.45) is 0 Å². The number of hydrogen-bond acceptors (Lipinski definition) is 1. The average Bonchev–Trinajstić information content (AvgIpc) is 2.77. The normalized spacial score (nSPS) is 10.9. The van der Waals surface area contributed by atoms with Crippen LogP contribution >= 0.6 is 0 Å². The molecule has 0 aliphatic rings. The minimum atomic E-state index is -0.853. The first-order chi connectivity index (χ1) is 8.74. The molecule has 0 unspecified atom stereocenters. The number of hydrogen-bond donors (Lipinski definition) is 1. The van der Waals surface area contributed by atoms with Crippen LogP contribution in [0.4, 0.5) is 0 Å². The summed E-state index contributed by atoms with van der Waals surface area (Å²) >= 11 is 0. The molecule has 1 heterocycles. The van der Waals surface area contributed by atoms with Gasteiger partial charge in [-0.05, 0) is 18.6 Å². The molecule has 0 amide bonds. The van der Waals surface area contributed by atoms with Crippen molar-refractivity contribution in [2.45, 2.75) is 39.2 Å². The molecule has 0 atom stereocenters. The Morgan fingerprint density at radius 2 is 2.06 bits per heavy atom. The molecule has 96 valence electrons. The highest BCUT2D eigenvalue weighted by Crippen LogP contribution is 2.21. The molecule has 0 radical (unpaired) electrons. The van der Waals surface area contributed by atoms with Crippen molar-refractivity contribution in [2.75, 3.05) is 0 Å². The third-order valence-corrected chi connectivity index (χ3v) is 3.27. The number of rotatable bonds is 6. The summed E-state index contributed by atoms with van der Waals surface area (Å²) in [5.74, 6) is -0.853. The molecule has 1 N–H and O–H groups in total. The molecule has 0 aliphatic carbocycles. The summed E-state index contributed by atoms with van der Waals surface area (Å²) in [6.45, 7) is 3.08. The van der Waals surface area contributed by atoms with Gasteiger partial charge in [0, 0.05) is 18.1 Å². The predicted octanol–water partition coefficient (Wildman–Crippen LogP) is 3.92. The van der Waals surface area contributed by atoms with Crippen LogP contribution in [0.1, 0.15) is 43.0 Å². The number of fused-ring (bicyclic) bond motifs is 1. The van der Waals surface area contributed by atoms with E-state index < -0.39 is 5.97 Å². The number of unbranched alkanes of at least 4 members (excludes halogenated alkanes) is 3. The van der Waals surface area contributed by atoms with Crippen LogP contribution < -0.4 is 0 Å². The summed E-state index contributed by atoms with van der Waals surface area (Å²) in [6, 6.07) is 7.42. The molecular formula is C15H19NO2. The maximum Gasteiger partial charge on any atom is 0.337 e. The number of para-hydroxylation sites is 1. The zero-order valence-corrected chi connectivity index (χ0v) is 10.7. The molecule has 18 heavy (non-hydrogen) atoms. The second-order valence-electron chi connectivity index (χ2n) is 4.62. The summed E-state index contributed by atoms with van der Waals surface area (Å²) in [5.41, 5.74) is 1.24. The fourth-order valence-electron chi connectivity index (χ4n) is 2.33. The number of carbonyl (C=O) groups is 1. The molecule has 0 fully saturated rings. The standard InChI is InChI=1S/C15H19NO2/c1-2-3-4-5-10-16-11-9-12-7-6-8-13(14(12)16)15(17)18/h6-9,11H,2-5,10H2,1H3,(H,17,18). The maximum atomic E-state index is 11.2. The third kappa shape index (κ3) is 2.55. The topological polar surface area (TPSA) is 42.2 Å². The molecule has 1 aromatic heterocycles. The lowest BCUT2D eigenvalue weighted by atomic mass is 10.1. The van der Waals surface area contributed by atoms with Crippen LogP contribution in [-0.2, 0) is 6.54 Å². The molecule has 1 aromatic carbocycles. The van der Waals surface area contributed by atoms with E-state index in [1.54, 1.807) is 12.1 Å². The van der Waals surface area contributed by atoms with Gasteiger partial charge in [0.25, 0.3) is 0 Å². The smallest absolute Gasteiger partial charge is 0.337 e. The Kier molecular flexibility index (Phi) is 4.03. The van der Waals surface area contributed by atoms with Crippen molar-refractivity contribution in [1.82, 2.24) is 4.57 Å². The molecule has 0 aliphatic heterocycles. The van der Waals surface area contributed by atoms with E-state index in [2.05, 4.69) is 11.5 Å². The van der Waals surface area contributed by atoms with Gasteiger partial charge in [0.15, 0.2) is 0 Å². The maximum absolute atomic E-state index is 11.2. The van der Waals surface area contributed by atoms with Gasteiger partial charge in [-0.25, -0.2) is 4.79 Å². The van der Waals surface area contributed by atoms with Crippen molar-refractivity contribution >= 4 is 16.9 Å². The zero-order valence-electron chi connectivity index (χ0n) is 10.7. The Balaban J connectivity index is 2.25. The Bertz CT molecular complexity index is 542. The minimum Gasteiger partial charge on any atom is -0.478 e. The Morgan fingerprint density at radius 3 is 2.78 bits per heavy atom. The predicted molar refractivity (Wildman–Crippen MR) is 73.0 cm³/mol. The number of benzene rings is 1. The van der Waals surface area contributed by atoms with Crippen molar-refractivity contribution in [3.63, 3.8) is 0 Å². The summed E-state index contributed by atoms with van der Waals surface area (Å²) in [7, 11) is 0. The van der Waals surface area contributed by atoms with E-state index in [1.807, 2.05) is 18.3 Å². The van der Waals surface area contributed by atoms with Gasteiger partial charge in [0.05, 0.1) is 11.1 Å². The van der Waals surface area contributed by atoms with E-state index >= 15 is 0 Å². The van der Waals surface area contributed by atoms with E-state index in [0.29, 0.717) is 5.56 Å². The molecule has 2 aromatic rings. The summed E-state index contributed by atoms with van der Waals surface area (Å²) in [5, 5.41) is 10.2. The van der Waals surface area contributed by atoms with E-state index in [9.17, 15) is 9.90 Å². The molecule has 3 nitrogen and oxygen atoms in total. The second kappa shape index (κ2) is 5.71. The number of aromatic carboxylic acids is 1. The van der Waals surface area contributed by atoms with Gasteiger partial charge in [-0.15, -0.1) is 0 Å². The van der Waals surface area contributed by atoms with Gasteiger partial charge in [0.1, 0.15) is 0 Å². The Labute approximate surface area is 107 Å². The number of aryl methyl sites for hydroxylation is 1. The number of carboxylic acid groups (broad SMARTS) is 1. The van der Waals surface area contributed by atoms with Gasteiger partial charge < -0.3 is 9.67 Å². The van der Waals surface area contributed by atoms with Gasteiger partial charge in [-0.1, -0.05) is 38.3 Å². The highest BCUT2D eigenvalue weighted by atomic mass is 16.4. The van der Waals surface area contributed by atoms with Crippen molar-refractivity contribution in [1.29, 1.82) is 0 Å². The summed E-state index contributed by atoms with van der Waals surface area (Å²) < 4.78 is 2.06. The summed E-state index contributed by atoms with van der Waals surface area (Å²) in [4.78, 5) is 11.2. The lowest BCUT2D eigenvalue weighted by molar-refractivity contribution is 0.0698. The lowest BCUT2D eigenvalue weighted by Crippen LogP contribution is -2.03. The molecule has 0 saturated heterocycles. The van der Waals surface area contributed by atoms with Crippen LogP contribution in [0.2, 0.25) is 0 Å². The molecule has 2 rings (SSSR count). The first kappa shape index (κ1) is 12.7. The quantitative estimate of drug-likeness (QED) is 0.784. The van der Waals surface area contributed by atoms with Crippen LogP contribution in [-0.4, -0.2) is 15.6 Å². The second-order valence-corrected chi connectivity index (χ2v) is 4.62. The van der Waals surface area contributed by atoms with Crippen LogP contribution in [0.5, 0.6) is 0 Å². The molecule has 0 spiro atoms. The van der Waals surface area contributed by atoms with Gasteiger partial charge in [-0.2, -0.15) is 0 Å². The Hall–Kier alpha value is -1.77. The molecular weight excluding hydrogens is 226 g/mol. The fraction of sp³-hybridized carbons (Fsp3) is 0.400.